The topological polar surface area (TPSA) is 186 Å². The van der Waals surface area contributed by atoms with Crippen LogP contribution in [0, 0.1) is 10.1 Å². The van der Waals surface area contributed by atoms with Gasteiger partial charge in [0.15, 0.2) is 6.61 Å². The predicted molar refractivity (Wildman–Crippen MR) is 251 cm³/mol. The van der Waals surface area contributed by atoms with Gasteiger partial charge in [-0.15, -0.1) is 0 Å². The summed E-state index contributed by atoms with van der Waals surface area (Å²) in [5.41, 5.74) is 2.41. The second-order valence-electron chi connectivity index (χ2n) is 17.4. The number of carbonyl (C=O) groups excluding carboxylic acids is 3. The minimum atomic E-state index is -1.26. The van der Waals surface area contributed by atoms with Crippen LogP contribution in [0.15, 0.2) is 140 Å². The summed E-state index contributed by atoms with van der Waals surface area (Å²) in [7, 11) is 3.17. The van der Waals surface area contributed by atoms with Crippen LogP contribution in [0.1, 0.15) is 67.9 Å². The highest BCUT2D eigenvalue weighted by atomic mass is 16.7. The lowest BCUT2D eigenvalue weighted by Gasteiger charge is -2.37. The number of hydrogen-bond donors (Lipinski definition) is 2. The van der Waals surface area contributed by atoms with E-state index in [4.69, 9.17) is 33.2 Å². The van der Waals surface area contributed by atoms with E-state index in [1.165, 1.54) is 17.2 Å². The number of rotatable bonds is 18. The Balaban J connectivity index is 1.11. The zero-order valence-corrected chi connectivity index (χ0v) is 38.8. The number of nitro benzene ring substituents is 1. The molecular weight excluding hydrogens is 873 g/mol. The molecule has 68 heavy (non-hydrogen) atoms. The molecule has 0 spiro atoms. The molecule has 0 radical (unpaired) electrons. The van der Waals surface area contributed by atoms with E-state index >= 15 is 0 Å². The Morgan fingerprint density at radius 2 is 1.40 bits per heavy atom. The first-order valence-electron chi connectivity index (χ1n) is 22.2. The van der Waals surface area contributed by atoms with Gasteiger partial charge in [0.2, 0.25) is 0 Å². The van der Waals surface area contributed by atoms with Crippen molar-refractivity contribution in [3.8, 4) is 17.2 Å². The van der Waals surface area contributed by atoms with Crippen LogP contribution < -0.4 is 24.8 Å². The zero-order chi connectivity index (χ0) is 48.4. The molecule has 2 aliphatic rings. The number of urea groups is 1. The van der Waals surface area contributed by atoms with Gasteiger partial charge in [0, 0.05) is 30.2 Å². The van der Waals surface area contributed by atoms with Gasteiger partial charge in [-0.3, -0.25) is 19.8 Å². The molecule has 0 bridgehead atoms. The van der Waals surface area contributed by atoms with Crippen molar-refractivity contribution in [1.82, 2.24) is 15.5 Å². The van der Waals surface area contributed by atoms with Crippen molar-refractivity contribution in [2.45, 2.75) is 75.7 Å². The summed E-state index contributed by atoms with van der Waals surface area (Å²) in [4.78, 5) is 52.7. The average Bonchev–Trinajstić information content (AvgIpc) is 3.74. The third kappa shape index (κ3) is 11.4. The predicted octanol–water partition coefficient (Wildman–Crippen LogP) is 8.72. The summed E-state index contributed by atoms with van der Waals surface area (Å²) in [6.45, 7) is 7.38. The van der Waals surface area contributed by atoms with Crippen LogP contribution in [0.25, 0.3) is 0 Å². The lowest BCUT2D eigenvalue weighted by atomic mass is 9.80. The highest BCUT2D eigenvalue weighted by Gasteiger charge is 2.46. The molecule has 16 nitrogen and oxygen atoms in total. The normalized spacial score (nSPS) is 18.5. The van der Waals surface area contributed by atoms with Gasteiger partial charge < -0.3 is 43.8 Å². The first kappa shape index (κ1) is 48.5. The molecule has 2 unspecified atom stereocenters. The number of nitrogens with zero attached hydrogens (tertiary/aromatic N) is 2. The van der Waals surface area contributed by atoms with Crippen molar-refractivity contribution in [1.29, 1.82) is 0 Å². The maximum atomic E-state index is 13.7. The number of methoxy groups -OCH3 is 2. The third-order valence-corrected chi connectivity index (χ3v) is 11.9. The Bertz CT molecular complexity index is 2500. The van der Waals surface area contributed by atoms with Gasteiger partial charge in [-0.2, -0.15) is 0 Å². The van der Waals surface area contributed by atoms with Gasteiger partial charge in [0.25, 0.3) is 11.6 Å². The van der Waals surface area contributed by atoms with Gasteiger partial charge in [-0.25, -0.2) is 9.59 Å². The monoisotopic (exact) mass is 928 g/mol. The zero-order valence-electron chi connectivity index (χ0n) is 38.8. The van der Waals surface area contributed by atoms with Crippen LogP contribution >= 0.6 is 0 Å². The van der Waals surface area contributed by atoms with E-state index in [1.54, 1.807) is 45.4 Å². The molecule has 1 saturated heterocycles. The summed E-state index contributed by atoms with van der Waals surface area (Å²) >= 11 is 0. The van der Waals surface area contributed by atoms with Gasteiger partial charge in [0.05, 0.1) is 25.7 Å². The number of nitro groups is 1. The molecule has 5 aromatic rings. The number of benzene rings is 5. The van der Waals surface area contributed by atoms with E-state index in [1.807, 2.05) is 103 Å². The van der Waals surface area contributed by atoms with E-state index in [0.29, 0.717) is 22.8 Å². The Kier molecular flexibility index (Phi) is 15.3. The number of ether oxygens (including phenoxy) is 7. The molecule has 356 valence electrons. The van der Waals surface area contributed by atoms with Crippen LogP contribution in [0.4, 0.5) is 15.3 Å². The summed E-state index contributed by atoms with van der Waals surface area (Å²) in [5, 5.41) is 17.2. The Morgan fingerprint density at radius 1 is 0.824 bits per heavy atom. The lowest BCUT2D eigenvalue weighted by molar-refractivity contribution is -0.385. The lowest BCUT2D eigenvalue weighted by Crippen LogP contribution is -2.56. The van der Waals surface area contributed by atoms with E-state index in [2.05, 4.69) is 31.4 Å². The minimum absolute atomic E-state index is 0.00285. The van der Waals surface area contributed by atoms with E-state index in [-0.39, 0.29) is 37.3 Å². The molecular formula is C52H56N4O12. The fourth-order valence-electron chi connectivity index (χ4n) is 8.17. The quantitative estimate of drug-likeness (QED) is 0.0369. The van der Waals surface area contributed by atoms with Gasteiger partial charge in [-0.05, 0) is 70.1 Å². The Morgan fingerprint density at radius 3 is 1.99 bits per heavy atom. The van der Waals surface area contributed by atoms with Gasteiger partial charge in [0.1, 0.15) is 54.1 Å². The molecule has 0 aromatic heterocycles. The largest absolute Gasteiger partial charge is 0.508 e. The second kappa shape index (κ2) is 21.5. The third-order valence-electron chi connectivity index (χ3n) is 11.9. The molecule has 5 aromatic carbocycles. The molecule has 2 heterocycles. The summed E-state index contributed by atoms with van der Waals surface area (Å²) < 4.78 is 41.9. The molecule has 7 rings (SSSR count). The molecule has 16 heteroatoms. The van der Waals surface area contributed by atoms with E-state index in [0.717, 1.165) is 22.3 Å². The minimum Gasteiger partial charge on any atom is -0.497 e. The van der Waals surface area contributed by atoms with Crippen LogP contribution in [0.3, 0.4) is 0 Å². The van der Waals surface area contributed by atoms with E-state index < -0.39 is 59.1 Å². The SMILES string of the molecule is COc1ccc(C(OC[C@H]2O[C@@H](N3C=CC(NC(=O)COc4ccc(C(C)(C)C)cc4)NC3=O)C[C@@H]2OC(=O)OCC(C)c2ccccc2[N+](=O)[O-])(c2ccccc2)c2ccc(OC)cc2)cc1. The fourth-order valence-corrected chi connectivity index (χ4v) is 8.17. The maximum absolute atomic E-state index is 13.7. The standard InChI is InChI=1S/C52H56N4O12/c1-34(42-14-10-11-15-43(42)56(60)61)31-65-50(59)68-44-30-48(55-29-28-46(54-49(55)58)53-47(57)33-64-41-26-16-35(17-27-41)51(2,3)4)67-45(44)32-66-52(36-12-8-7-9-13-36,37-18-22-39(62-5)23-19-37)38-20-24-40(63-6)25-21-38/h7-29,34,44-46,48H,30-33H2,1-6H3,(H,53,57)(H,54,58)/t34?,44-,45+,46?,48+/m0/s1. The molecule has 0 aliphatic carbocycles. The van der Waals surface area contributed by atoms with Crippen molar-refractivity contribution >= 4 is 23.8 Å². The number of amides is 3. The van der Waals surface area contributed by atoms with Crippen molar-refractivity contribution in [3.05, 3.63) is 178 Å². The van der Waals surface area contributed by atoms with Crippen LogP contribution in [-0.2, 0) is 34.8 Å². The van der Waals surface area contributed by atoms with Crippen molar-refractivity contribution < 1.29 is 52.5 Å². The molecule has 3 amide bonds. The van der Waals surface area contributed by atoms with Crippen LogP contribution in [-0.4, -0.2) is 86.6 Å². The maximum Gasteiger partial charge on any atom is 0.508 e. The van der Waals surface area contributed by atoms with Crippen molar-refractivity contribution in [2.24, 2.45) is 0 Å². The fraction of sp³-hybridized carbons (Fsp3) is 0.327. The number of carbonyl (C=O) groups is 3. The van der Waals surface area contributed by atoms with Crippen LogP contribution in [0.5, 0.6) is 17.2 Å². The highest BCUT2D eigenvalue weighted by molar-refractivity contribution is 5.81. The molecule has 1 fully saturated rings. The van der Waals surface area contributed by atoms with Crippen LogP contribution in [0.2, 0.25) is 0 Å². The van der Waals surface area contributed by atoms with Crippen molar-refractivity contribution in [2.75, 3.05) is 34.0 Å². The summed E-state index contributed by atoms with van der Waals surface area (Å²) in [6, 6.07) is 37.8. The Hall–Kier alpha value is -7.43. The smallest absolute Gasteiger partial charge is 0.497 e. The molecule has 2 aliphatic heterocycles. The second-order valence-corrected chi connectivity index (χ2v) is 17.4. The Labute approximate surface area is 395 Å². The number of para-hydroxylation sites is 1. The van der Waals surface area contributed by atoms with Gasteiger partial charge >= 0.3 is 12.2 Å². The number of hydrogen-bond acceptors (Lipinski definition) is 12. The molecule has 5 atom stereocenters. The summed E-state index contributed by atoms with van der Waals surface area (Å²) in [6.07, 6.45) is -1.75. The highest BCUT2D eigenvalue weighted by Crippen LogP contribution is 2.43. The van der Waals surface area contributed by atoms with Gasteiger partial charge in [-0.1, -0.05) is 113 Å². The first-order chi connectivity index (χ1) is 32.7. The number of nitrogens with one attached hydrogen (secondary N) is 2. The first-order valence-corrected chi connectivity index (χ1v) is 22.2. The average molecular weight is 929 g/mol. The van der Waals surface area contributed by atoms with Crippen molar-refractivity contribution in [3.63, 3.8) is 0 Å². The molecule has 2 N–H and O–H groups in total. The molecule has 0 saturated carbocycles. The summed E-state index contributed by atoms with van der Waals surface area (Å²) in [5.74, 6) is 0.810. The van der Waals surface area contributed by atoms with E-state index in [9.17, 15) is 24.5 Å².